The van der Waals surface area contributed by atoms with E-state index in [0.717, 1.165) is 47.5 Å². The van der Waals surface area contributed by atoms with E-state index in [1.807, 2.05) is 18.3 Å². The first-order chi connectivity index (χ1) is 12.2. The molecule has 4 heteroatoms. The first kappa shape index (κ1) is 16.2. The number of aromatic nitrogens is 1. The average molecular weight is 337 g/mol. The summed E-state index contributed by atoms with van der Waals surface area (Å²) >= 11 is 0. The van der Waals surface area contributed by atoms with Crippen molar-refractivity contribution in [3.8, 4) is 22.6 Å². The molecule has 2 heterocycles. The highest BCUT2D eigenvalue weighted by Crippen LogP contribution is 2.51. The number of pyridine rings is 1. The minimum absolute atomic E-state index is 0.0640. The molecule has 1 aromatic heterocycles. The second-order valence-corrected chi connectivity index (χ2v) is 7.02. The van der Waals surface area contributed by atoms with E-state index in [0.29, 0.717) is 5.57 Å². The maximum absolute atomic E-state index is 9.35. The average Bonchev–Trinajstić information content (AvgIpc) is 3.26. The third kappa shape index (κ3) is 2.71. The van der Waals surface area contributed by atoms with Crippen LogP contribution in [0.5, 0.6) is 11.5 Å². The number of aliphatic hydroxyl groups is 1. The van der Waals surface area contributed by atoms with Crippen LogP contribution >= 0.6 is 0 Å². The Kier molecular flexibility index (Phi) is 4.00. The Morgan fingerprint density at radius 1 is 1.32 bits per heavy atom. The fourth-order valence-corrected chi connectivity index (χ4v) is 4.07. The topological polar surface area (TPSA) is 51.6 Å². The molecule has 4 rings (SSSR count). The number of aliphatic hydroxyl groups excluding tert-OH is 1. The van der Waals surface area contributed by atoms with Gasteiger partial charge in [-0.25, -0.2) is 0 Å². The van der Waals surface area contributed by atoms with Crippen LogP contribution in [0.15, 0.2) is 37.2 Å². The second-order valence-electron chi connectivity index (χ2n) is 7.02. The molecule has 1 aliphatic carbocycles. The molecule has 2 aromatic rings. The van der Waals surface area contributed by atoms with Crippen LogP contribution in [-0.4, -0.2) is 29.4 Å². The molecule has 1 saturated carbocycles. The summed E-state index contributed by atoms with van der Waals surface area (Å²) in [4.78, 5) is 4.34. The zero-order valence-corrected chi connectivity index (χ0v) is 14.5. The van der Waals surface area contributed by atoms with E-state index in [1.165, 1.54) is 18.4 Å². The molecule has 1 spiro atoms. The lowest BCUT2D eigenvalue weighted by Gasteiger charge is -2.22. The standard InChI is InChI=1S/C21H23NO3/c1-14(13-23)15-9-16(12-22-11-15)17-5-6-19(24-2)20-18(17)10-21(25-20)7-3-4-8-21/h5-6,9,11-12,23H,1,3-4,7-8,10,13H2,2H3. The largest absolute Gasteiger partial charge is 0.493 e. The Labute approximate surface area is 148 Å². The van der Waals surface area contributed by atoms with Gasteiger partial charge in [0, 0.05) is 29.9 Å². The molecule has 1 fully saturated rings. The third-order valence-corrected chi connectivity index (χ3v) is 5.42. The molecule has 4 nitrogen and oxygen atoms in total. The van der Waals surface area contributed by atoms with E-state index < -0.39 is 0 Å². The van der Waals surface area contributed by atoms with Crippen LogP contribution in [0.25, 0.3) is 16.7 Å². The monoisotopic (exact) mass is 337 g/mol. The summed E-state index contributed by atoms with van der Waals surface area (Å²) in [6.45, 7) is 3.83. The molecule has 0 saturated heterocycles. The lowest BCUT2D eigenvalue weighted by molar-refractivity contribution is 0.0996. The Bertz CT molecular complexity index is 822. The van der Waals surface area contributed by atoms with Crippen molar-refractivity contribution in [3.05, 3.63) is 48.3 Å². The van der Waals surface area contributed by atoms with Gasteiger partial charge in [0.05, 0.1) is 13.7 Å². The van der Waals surface area contributed by atoms with Gasteiger partial charge in [-0.1, -0.05) is 12.6 Å². The lowest BCUT2D eigenvalue weighted by atomic mass is 9.90. The molecule has 0 amide bonds. The van der Waals surface area contributed by atoms with E-state index in [4.69, 9.17) is 9.47 Å². The maximum Gasteiger partial charge on any atom is 0.165 e. The molecule has 1 N–H and O–H groups in total. The van der Waals surface area contributed by atoms with Crippen molar-refractivity contribution in [2.45, 2.75) is 37.7 Å². The van der Waals surface area contributed by atoms with Crippen molar-refractivity contribution in [1.29, 1.82) is 0 Å². The summed E-state index contributed by atoms with van der Waals surface area (Å²) in [6.07, 6.45) is 9.16. The first-order valence-corrected chi connectivity index (χ1v) is 8.79. The number of hydrogen-bond acceptors (Lipinski definition) is 4. The van der Waals surface area contributed by atoms with E-state index in [1.54, 1.807) is 13.3 Å². The Morgan fingerprint density at radius 3 is 2.84 bits per heavy atom. The Balaban J connectivity index is 1.80. The second kappa shape index (κ2) is 6.19. The van der Waals surface area contributed by atoms with Gasteiger partial charge >= 0.3 is 0 Å². The first-order valence-electron chi connectivity index (χ1n) is 8.79. The molecule has 0 atom stereocenters. The molecule has 25 heavy (non-hydrogen) atoms. The SMILES string of the molecule is C=C(CO)c1cncc(-c2ccc(OC)c3c2CC2(CCCC2)O3)c1. The van der Waals surface area contributed by atoms with Gasteiger partial charge in [0.2, 0.25) is 0 Å². The summed E-state index contributed by atoms with van der Waals surface area (Å²) in [7, 11) is 1.69. The van der Waals surface area contributed by atoms with E-state index in [-0.39, 0.29) is 12.2 Å². The van der Waals surface area contributed by atoms with Crippen molar-refractivity contribution in [1.82, 2.24) is 4.98 Å². The number of benzene rings is 1. The third-order valence-electron chi connectivity index (χ3n) is 5.42. The van der Waals surface area contributed by atoms with E-state index >= 15 is 0 Å². The molecule has 130 valence electrons. The van der Waals surface area contributed by atoms with Gasteiger partial charge in [-0.15, -0.1) is 0 Å². The lowest BCUT2D eigenvalue weighted by Crippen LogP contribution is -2.30. The molecule has 0 bridgehead atoms. The van der Waals surface area contributed by atoms with Gasteiger partial charge in [0.1, 0.15) is 5.60 Å². The fraction of sp³-hybridized carbons (Fsp3) is 0.381. The highest BCUT2D eigenvalue weighted by atomic mass is 16.5. The van der Waals surface area contributed by atoms with Crippen LogP contribution < -0.4 is 9.47 Å². The Morgan fingerprint density at radius 2 is 2.12 bits per heavy atom. The van der Waals surface area contributed by atoms with Crippen LogP contribution in [0, 0.1) is 0 Å². The predicted octanol–water partition coefficient (Wildman–Crippen LogP) is 4.01. The van der Waals surface area contributed by atoms with Gasteiger partial charge in [0.25, 0.3) is 0 Å². The number of rotatable bonds is 4. The van der Waals surface area contributed by atoms with Crippen molar-refractivity contribution >= 4 is 5.57 Å². The highest BCUT2D eigenvalue weighted by molar-refractivity contribution is 5.76. The molecule has 2 aliphatic rings. The summed E-state index contributed by atoms with van der Waals surface area (Å²) in [5, 5.41) is 9.35. The normalized spacial score (nSPS) is 17.4. The van der Waals surface area contributed by atoms with Crippen LogP contribution in [0.3, 0.4) is 0 Å². The number of methoxy groups -OCH3 is 1. The molecular formula is C21H23NO3. The summed E-state index contributed by atoms with van der Waals surface area (Å²) in [6, 6.07) is 6.08. The van der Waals surface area contributed by atoms with E-state index in [2.05, 4.69) is 17.6 Å². The van der Waals surface area contributed by atoms with Gasteiger partial charge < -0.3 is 14.6 Å². The molecule has 0 radical (unpaired) electrons. The van der Waals surface area contributed by atoms with Crippen molar-refractivity contribution < 1.29 is 14.6 Å². The minimum Gasteiger partial charge on any atom is -0.493 e. The number of nitrogens with zero attached hydrogens (tertiary/aromatic N) is 1. The van der Waals surface area contributed by atoms with E-state index in [9.17, 15) is 5.11 Å². The molecular weight excluding hydrogens is 314 g/mol. The Hall–Kier alpha value is -2.33. The van der Waals surface area contributed by atoms with Crippen LogP contribution in [0.4, 0.5) is 0 Å². The summed E-state index contributed by atoms with van der Waals surface area (Å²) in [5.74, 6) is 1.68. The number of ether oxygens (including phenoxy) is 2. The molecule has 0 unspecified atom stereocenters. The maximum atomic E-state index is 9.35. The van der Waals surface area contributed by atoms with Gasteiger partial charge in [-0.2, -0.15) is 0 Å². The molecule has 1 aromatic carbocycles. The minimum atomic E-state index is -0.0714. The quantitative estimate of drug-likeness (QED) is 0.916. The summed E-state index contributed by atoms with van der Waals surface area (Å²) < 4.78 is 12.0. The van der Waals surface area contributed by atoms with Crippen molar-refractivity contribution in [2.75, 3.05) is 13.7 Å². The predicted molar refractivity (Wildman–Crippen MR) is 97.9 cm³/mol. The number of hydrogen-bond donors (Lipinski definition) is 1. The summed E-state index contributed by atoms with van der Waals surface area (Å²) in [5.41, 5.74) is 4.81. The fourth-order valence-electron chi connectivity index (χ4n) is 4.07. The van der Waals surface area contributed by atoms with Crippen molar-refractivity contribution in [2.24, 2.45) is 0 Å². The van der Waals surface area contributed by atoms with Crippen LogP contribution in [-0.2, 0) is 6.42 Å². The zero-order valence-electron chi connectivity index (χ0n) is 14.5. The zero-order chi connectivity index (χ0) is 17.4. The van der Waals surface area contributed by atoms with Gasteiger partial charge in [-0.05, 0) is 54.5 Å². The van der Waals surface area contributed by atoms with Gasteiger partial charge in [-0.3, -0.25) is 4.98 Å². The number of fused-ring (bicyclic) bond motifs is 1. The van der Waals surface area contributed by atoms with Gasteiger partial charge in [0.15, 0.2) is 11.5 Å². The van der Waals surface area contributed by atoms with Crippen LogP contribution in [0.1, 0.15) is 36.8 Å². The van der Waals surface area contributed by atoms with Crippen molar-refractivity contribution in [3.63, 3.8) is 0 Å². The smallest absolute Gasteiger partial charge is 0.165 e. The van der Waals surface area contributed by atoms with Crippen LogP contribution in [0.2, 0.25) is 0 Å². The highest BCUT2D eigenvalue weighted by Gasteiger charge is 2.44. The molecule has 1 aliphatic heterocycles.